The Balaban J connectivity index is 1.78. The van der Waals surface area contributed by atoms with Gasteiger partial charge in [-0.15, -0.1) is 0 Å². The number of benzene rings is 2. The molecule has 0 aromatic heterocycles. The van der Waals surface area contributed by atoms with Crippen LogP contribution in [0.3, 0.4) is 0 Å². The number of ether oxygens (including phenoxy) is 2. The van der Waals surface area contributed by atoms with Gasteiger partial charge in [-0.3, -0.25) is 9.59 Å². The largest absolute Gasteiger partial charge is 0.507 e. The number of likely N-dealkylation sites (tertiary alicyclic amines) is 1. The Labute approximate surface area is 212 Å². The second-order valence-electron chi connectivity index (χ2n) is 9.15. The third kappa shape index (κ3) is 5.02. The minimum absolute atomic E-state index is 0.0568. The monoisotopic (exact) mass is 490 g/mol. The number of carbonyl (C=O) groups is 2. The zero-order chi connectivity index (χ0) is 25.8. The van der Waals surface area contributed by atoms with Crippen LogP contribution in [-0.4, -0.2) is 65.5 Å². The van der Waals surface area contributed by atoms with E-state index in [0.29, 0.717) is 36.6 Å². The molecule has 2 heterocycles. The molecule has 0 aliphatic carbocycles. The Hall–Kier alpha value is -3.58. The quantitative estimate of drug-likeness (QED) is 0.231. The second kappa shape index (κ2) is 11.0. The van der Waals surface area contributed by atoms with Crippen molar-refractivity contribution in [2.45, 2.75) is 39.3 Å². The lowest BCUT2D eigenvalue weighted by atomic mass is 9.94. The van der Waals surface area contributed by atoms with Crippen molar-refractivity contribution in [3.8, 4) is 11.5 Å². The standard InChI is InChI=1S/C29H34N2O5/c1-5-15-35-23-10-8-9-20(18-23)26-25(28(33)29(34)31(26)14-13-30(6-2)7-3)27(32)21-11-12-24-22(17-21)16-19(4)36-24/h5,8-12,17-19,26,32H,1,6-7,13-16H2,2-4H3/t19-,26-/m0/s1. The summed E-state index contributed by atoms with van der Waals surface area (Å²) < 4.78 is 11.5. The zero-order valence-electron chi connectivity index (χ0n) is 21.2. The van der Waals surface area contributed by atoms with E-state index < -0.39 is 17.7 Å². The third-order valence-corrected chi connectivity index (χ3v) is 6.80. The van der Waals surface area contributed by atoms with Gasteiger partial charge >= 0.3 is 0 Å². The van der Waals surface area contributed by atoms with E-state index in [-0.39, 0.29) is 17.4 Å². The minimum Gasteiger partial charge on any atom is -0.507 e. The Kier molecular flexibility index (Phi) is 7.79. The van der Waals surface area contributed by atoms with E-state index in [1.807, 2.05) is 43.3 Å². The molecule has 4 rings (SSSR count). The molecule has 0 saturated carbocycles. The van der Waals surface area contributed by atoms with Gasteiger partial charge in [-0.25, -0.2) is 0 Å². The molecule has 2 aliphatic rings. The molecule has 0 spiro atoms. The highest BCUT2D eigenvalue weighted by Gasteiger charge is 2.46. The molecule has 0 radical (unpaired) electrons. The zero-order valence-corrected chi connectivity index (χ0v) is 21.2. The molecule has 7 nitrogen and oxygen atoms in total. The molecule has 1 saturated heterocycles. The molecule has 2 aromatic carbocycles. The van der Waals surface area contributed by atoms with Crippen LogP contribution in [0.15, 0.2) is 60.7 Å². The van der Waals surface area contributed by atoms with Gasteiger partial charge in [0.25, 0.3) is 11.7 Å². The average Bonchev–Trinajstić information content (AvgIpc) is 3.38. The lowest BCUT2D eigenvalue weighted by Crippen LogP contribution is -2.38. The SMILES string of the molecule is C=CCOc1cccc([C@H]2C(=C(O)c3ccc4c(c3)C[C@H](C)O4)C(=O)C(=O)N2CCN(CC)CC)c1. The number of ketones is 1. The number of nitrogens with zero attached hydrogens (tertiary/aromatic N) is 2. The number of rotatable bonds is 10. The third-order valence-electron chi connectivity index (χ3n) is 6.80. The van der Waals surface area contributed by atoms with Gasteiger partial charge in [-0.1, -0.05) is 38.6 Å². The highest BCUT2D eigenvalue weighted by molar-refractivity contribution is 6.46. The van der Waals surface area contributed by atoms with Crippen LogP contribution in [0.1, 0.15) is 43.5 Å². The summed E-state index contributed by atoms with van der Waals surface area (Å²) in [6, 6.07) is 12.0. The first-order valence-electron chi connectivity index (χ1n) is 12.5. The number of carbonyl (C=O) groups excluding carboxylic acids is 2. The molecule has 1 N–H and O–H groups in total. The smallest absolute Gasteiger partial charge is 0.295 e. The summed E-state index contributed by atoms with van der Waals surface area (Å²) in [5.41, 5.74) is 2.26. The number of Topliss-reactive ketones (excluding diaryl/α,β-unsaturated/α-hetero) is 1. The van der Waals surface area contributed by atoms with E-state index in [1.54, 1.807) is 17.0 Å². The number of fused-ring (bicyclic) bond motifs is 1. The molecular weight excluding hydrogens is 456 g/mol. The summed E-state index contributed by atoms with van der Waals surface area (Å²) >= 11 is 0. The molecule has 0 unspecified atom stereocenters. The van der Waals surface area contributed by atoms with Crippen LogP contribution in [0, 0.1) is 0 Å². The maximum atomic E-state index is 13.3. The number of hydrogen-bond donors (Lipinski definition) is 1. The highest BCUT2D eigenvalue weighted by atomic mass is 16.5. The fourth-order valence-electron chi connectivity index (χ4n) is 4.90. The highest BCUT2D eigenvalue weighted by Crippen LogP contribution is 2.41. The molecule has 0 bridgehead atoms. The second-order valence-corrected chi connectivity index (χ2v) is 9.15. The lowest BCUT2D eigenvalue weighted by molar-refractivity contribution is -0.140. The van der Waals surface area contributed by atoms with E-state index >= 15 is 0 Å². The summed E-state index contributed by atoms with van der Waals surface area (Å²) in [5.74, 6) is -0.0833. The molecule has 190 valence electrons. The Morgan fingerprint density at radius 1 is 1.22 bits per heavy atom. The fraction of sp³-hybridized carbons (Fsp3) is 0.379. The van der Waals surface area contributed by atoms with Gasteiger partial charge in [-0.05, 0) is 61.5 Å². The number of amides is 1. The van der Waals surface area contributed by atoms with Gasteiger partial charge < -0.3 is 24.4 Å². The van der Waals surface area contributed by atoms with Crippen molar-refractivity contribution in [3.63, 3.8) is 0 Å². The van der Waals surface area contributed by atoms with E-state index in [0.717, 1.165) is 30.8 Å². The average molecular weight is 491 g/mol. The first kappa shape index (κ1) is 25.5. The van der Waals surface area contributed by atoms with Crippen molar-refractivity contribution in [2.75, 3.05) is 32.8 Å². The molecule has 2 aliphatic heterocycles. The van der Waals surface area contributed by atoms with Gasteiger partial charge in [0.05, 0.1) is 11.6 Å². The maximum Gasteiger partial charge on any atom is 0.295 e. The van der Waals surface area contributed by atoms with E-state index in [9.17, 15) is 14.7 Å². The Morgan fingerprint density at radius 2 is 2.00 bits per heavy atom. The van der Waals surface area contributed by atoms with Crippen LogP contribution in [-0.2, 0) is 16.0 Å². The topological polar surface area (TPSA) is 79.3 Å². The van der Waals surface area contributed by atoms with Crippen molar-refractivity contribution in [2.24, 2.45) is 0 Å². The molecule has 36 heavy (non-hydrogen) atoms. The van der Waals surface area contributed by atoms with Crippen LogP contribution < -0.4 is 9.47 Å². The van der Waals surface area contributed by atoms with Crippen molar-refractivity contribution in [1.82, 2.24) is 9.80 Å². The maximum absolute atomic E-state index is 13.3. The molecular formula is C29H34N2O5. The lowest BCUT2D eigenvalue weighted by Gasteiger charge is -2.28. The van der Waals surface area contributed by atoms with E-state index in [4.69, 9.17) is 9.47 Å². The van der Waals surface area contributed by atoms with Crippen molar-refractivity contribution in [3.05, 3.63) is 77.4 Å². The van der Waals surface area contributed by atoms with Gasteiger partial charge in [0.15, 0.2) is 0 Å². The molecule has 2 aromatic rings. The number of aliphatic hydroxyl groups is 1. The van der Waals surface area contributed by atoms with Gasteiger partial charge in [-0.2, -0.15) is 0 Å². The first-order valence-corrected chi connectivity index (χ1v) is 12.5. The van der Waals surface area contributed by atoms with E-state index in [1.165, 1.54) is 0 Å². The summed E-state index contributed by atoms with van der Waals surface area (Å²) in [6.07, 6.45) is 2.43. The van der Waals surface area contributed by atoms with Crippen LogP contribution >= 0.6 is 0 Å². The Bertz CT molecular complexity index is 1180. The predicted octanol–water partition coefficient (Wildman–Crippen LogP) is 4.34. The summed E-state index contributed by atoms with van der Waals surface area (Å²) in [7, 11) is 0. The normalized spacial score (nSPS) is 20.5. The van der Waals surface area contributed by atoms with Crippen LogP contribution in [0.5, 0.6) is 11.5 Å². The Morgan fingerprint density at radius 3 is 2.72 bits per heavy atom. The first-order chi connectivity index (χ1) is 17.4. The summed E-state index contributed by atoms with van der Waals surface area (Å²) in [6.45, 7) is 12.8. The van der Waals surface area contributed by atoms with Crippen LogP contribution in [0.2, 0.25) is 0 Å². The summed E-state index contributed by atoms with van der Waals surface area (Å²) in [5, 5.41) is 11.4. The molecule has 1 amide bonds. The van der Waals surface area contributed by atoms with Gasteiger partial charge in [0.2, 0.25) is 0 Å². The van der Waals surface area contributed by atoms with Crippen LogP contribution in [0.4, 0.5) is 0 Å². The van der Waals surface area contributed by atoms with Crippen molar-refractivity contribution in [1.29, 1.82) is 0 Å². The van der Waals surface area contributed by atoms with Crippen molar-refractivity contribution >= 4 is 17.4 Å². The molecule has 2 atom stereocenters. The van der Waals surface area contributed by atoms with Crippen LogP contribution in [0.25, 0.3) is 5.76 Å². The minimum atomic E-state index is -0.726. The summed E-state index contributed by atoms with van der Waals surface area (Å²) in [4.78, 5) is 30.4. The van der Waals surface area contributed by atoms with E-state index in [2.05, 4.69) is 25.3 Å². The molecule has 1 fully saturated rings. The molecule has 7 heteroatoms. The predicted molar refractivity (Wildman–Crippen MR) is 139 cm³/mol. The van der Waals surface area contributed by atoms with Crippen molar-refractivity contribution < 1.29 is 24.2 Å². The number of likely N-dealkylation sites (N-methyl/N-ethyl adjacent to an activating group) is 1. The van der Waals surface area contributed by atoms with Gasteiger partial charge in [0.1, 0.15) is 30.0 Å². The van der Waals surface area contributed by atoms with Gasteiger partial charge in [0, 0.05) is 25.1 Å². The number of aliphatic hydroxyl groups excluding tert-OH is 1. The fourth-order valence-corrected chi connectivity index (χ4v) is 4.90. The number of hydrogen-bond acceptors (Lipinski definition) is 6.